The van der Waals surface area contributed by atoms with E-state index in [0.29, 0.717) is 37.6 Å². The minimum Gasteiger partial charge on any atom is -0.441 e. The number of halogens is 1. The second kappa shape index (κ2) is 7.13. The van der Waals surface area contributed by atoms with Crippen LogP contribution in [0.25, 0.3) is 11.3 Å². The first-order chi connectivity index (χ1) is 11.5. The molecule has 0 radical (unpaired) electrons. The second-order valence-electron chi connectivity index (χ2n) is 6.16. The predicted molar refractivity (Wildman–Crippen MR) is 86.8 cm³/mol. The lowest BCUT2D eigenvalue weighted by Gasteiger charge is -2.36. The summed E-state index contributed by atoms with van der Waals surface area (Å²) >= 11 is 0. The smallest absolute Gasteiger partial charge is 0.223 e. The SMILES string of the molecule is CC1CN(C(=O)CCc2ncc(-c3ccc(F)cc3)o2)C(C)CO1. The average Bonchev–Trinajstić information content (AvgIpc) is 3.04. The quantitative estimate of drug-likeness (QED) is 0.863. The van der Waals surface area contributed by atoms with E-state index < -0.39 is 0 Å². The largest absolute Gasteiger partial charge is 0.441 e. The normalized spacial score (nSPS) is 21.0. The third kappa shape index (κ3) is 3.82. The summed E-state index contributed by atoms with van der Waals surface area (Å²) in [6, 6.07) is 6.13. The third-order valence-electron chi connectivity index (χ3n) is 4.16. The molecule has 2 unspecified atom stereocenters. The molecule has 128 valence electrons. The van der Waals surface area contributed by atoms with Crippen LogP contribution in [-0.4, -0.2) is 41.1 Å². The van der Waals surface area contributed by atoms with Crippen LogP contribution in [-0.2, 0) is 16.0 Å². The molecule has 1 amide bonds. The molecule has 1 aliphatic heterocycles. The van der Waals surface area contributed by atoms with Crippen LogP contribution in [0, 0.1) is 5.82 Å². The molecule has 1 aromatic carbocycles. The molecule has 2 heterocycles. The van der Waals surface area contributed by atoms with Crippen molar-refractivity contribution in [1.82, 2.24) is 9.88 Å². The topological polar surface area (TPSA) is 55.6 Å². The highest BCUT2D eigenvalue weighted by Crippen LogP contribution is 2.21. The van der Waals surface area contributed by atoms with Gasteiger partial charge in [-0.25, -0.2) is 9.37 Å². The van der Waals surface area contributed by atoms with Crippen LogP contribution in [0.4, 0.5) is 4.39 Å². The van der Waals surface area contributed by atoms with Crippen molar-refractivity contribution in [3.8, 4) is 11.3 Å². The van der Waals surface area contributed by atoms with Crippen molar-refractivity contribution in [1.29, 1.82) is 0 Å². The van der Waals surface area contributed by atoms with E-state index in [1.54, 1.807) is 18.3 Å². The number of amides is 1. The van der Waals surface area contributed by atoms with Gasteiger partial charge >= 0.3 is 0 Å². The van der Waals surface area contributed by atoms with Crippen molar-refractivity contribution in [2.24, 2.45) is 0 Å². The monoisotopic (exact) mass is 332 g/mol. The summed E-state index contributed by atoms with van der Waals surface area (Å²) in [5.41, 5.74) is 0.761. The first-order valence-corrected chi connectivity index (χ1v) is 8.14. The van der Waals surface area contributed by atoms with Gasteiger partial charge in [0.15, 0.2) is 11.7 Å². The number of morpholine rings is 1. The Morgan fingerprint density at radius 3 is 2.83 bits per heavy atom. The molecule has 0 spiro atoms. The fraction of sp³-hybridized carbons (Fsp3) is 0.444. The lowest BCUT2D eigenvalue weighted by atomic mass is 10.1. The molecular formula is C18H21FN2O3. The molecule has 1 saturated heterocycles. The zero-order valence-electron chi connectivity index (χ0n) is 13.9. The fourth-order valence-corrected chi connectivity index (χ4v) is 2.78. The molecule has 0 aliphatic carbocycles. The number of benzene rings is 1. The van der Waals surface area contributed by atoms with E-state index >= 15 is 0 Å². The van der Waals surface area contributed by atoms with E-state index in [-0.39, 0.29) is 23.9 Å². The van der Waals surface area contributed by atoms with Crippen molar-refractivity contribution in [3.05, 3.63) is 42.2 Å². The summed E-state index contributed by atoms with van der Waals surface area (Å²) in [4.78, 5) is 18.5. The first kappa shape index (κ1) is 16.6. The van der Waals surface area contributed by atoms with Gasteiger partial charge in [-0.15, -0.1) is 0 Å². The van der Waals surface area contributed by atoms with Crippen LogP contribution in [0.2, 0.25) is 0 Å². The van der Waals surface area contributed by atoms with Gasteiger partial charge in [-0.1, -0.05) is 0 Å². The number of carbonyl (C=O) groups excluding carboxylic acids is 1. The lowest BCUT2D eigenvalue weighted by molar-refractivity contribution is -0.143. The van der Waals surface area contributed by atoms with Gasteiger partial charge in [-0.3, -0.25) is 4.79 Å². The maximum atomic E-state index is 13.0. The van der Waals surface area contributed by atoms with Gasteiger partial charge in [0.25, 0.3) is 0 Å². The van der Waals surface area contributed by atoms with E-state index in [9.17, 15) is 9.18 Å². The summed E-state index contributed by atoms with van der Waals surface area (Å²) in [7, 11) is 0. The molecule has 1 aromatic heterocycles. The van der Waals surface area contributed by atoms with Gasteiger partial charge in [0, 0.05) is 24.9 Å². The third-order valence-corrected chi connectivity index (χ3v) is 4.16. The van der Waals surface area contributed by atoms with Gasteiger partial charge in [0.05, 0.1) is 24.9 Å². The zero-order valence-corrected chi connectivity index (χ0v) is 13.9. The zero-order chi connectivity index (χ0) is 17.1. The van der Waals surface area contributed by atoms with Gasteiger partial charge < -0.3 is 14.1 Å². The van der Waals surface area contributed by atoms with Crippen molar-refractivity contribution in [2.45, 2.75) is 38.8 Å². The van der Waals surface area contributed by atoms with Crippen LogP contribution < -0.4 is 0 Å². The molecule has 6 heteroatoms. The minimum atomic E-state index is -0.294. The maximum Gasteiger partial charge on any atom is 0.223 e. The van der Waals surface area contributed by atoms with Crippen molar-refractivity contribution in [3.63, 3.8) is 0 Å². The van der Waals surface area contributed by atoms with Crippen LogP contribution in [0.15, 0.2) is 34.9 Å². The average molecular weight is 332 g/mol. The van der Waals surface area contributed by atoms with Gasteiger partial charge in [-0.2, -0.15) is 0 Å². The molecule has 0 bridgehead atoms. The summed E-state index contributed by atoms with van der Waals surface area (Å²) < 4.78 is 24.2. The number of aromatic nitrogens is 1. The summed E-state index contributed by atoms with van der Waals surface area (Å²) in [6.45, 7) is 5.14. The Hall–Kier alpha value is -2.21. The molecule has 0 N–H and O–H groups in total. The molecule has 2 aromatic rings. The number of nitrogens with zero attached hydrogens (tertiary/aromatic N) is 2. The molecule has 1 aliphatic rings. The standard InChI is InChI=1S/C18H21FN2O3/c1-12-11-23-13(2)10-21(12)18(22)8-7-17-20-9-16(24-17)14-3-5-15(19)6-4-14/h3-6,9,12-13H,7-8,10-11H2,1-2H3. The van der Waals surface area contributed by atoms with Gasteiger partial charge in [0.2, 0.25) is 5.91 Å². The molecule has 0 saturated carbocycles. The molecular weight excluding hydrogens is 311 g/mol. The minimum absolute atomic E-state index is 0.0666. The Morgan fingerprint density at radius 2 is 2.08 bits per heavy atom. The van der Waals surface area contributed by atoms with E-state index in [1.807, 2.05) is 18.7 Å². The number of hydrogen-bond donors (Lipinski definition) is 0. The summed E-state index contributed by atoms with van der Waals surface area (Å²) in [5.74, 6) is 0.875. The number of oxazole rings is 1. The van der Waals surface area contributed by atoms with E-state index in [2.05, 4.69) is 4.98 Å². The highest BCUT2D eigenvalue weighted by Gasteiger charge is 2.27. The van der Waals surface area contributed by atoms with Crippen molar-refractivity contribution >= 4 is 5.91 Å². The number of rotatable bonds is 4. The van der Waals surface area contributed by atoms with Crippen LogP contribution in [0.3, 0.4) is 0 Å². The fourth-order valence-electron chi connectivity index (χ4n) is 2.78. The van der Waals surface area contributed by atoms with Crippen LogP contribution in [0.1, 0.15) is 26.2 Å². The molecule has 24 heavy (non-hydrogen) atoms. The number of hydrogen-bond acceptors (Lipinski definition) is 4. The Kier molecular flexibility index (Phi) is 4.94. The van der Waals surface area contributed by atoms with E-state index in [4.69, 9.17) is 9.15 Å². The molecule has 1 fully saturated rings. The van der Waals surface area contributed by atoms with Gasteiger partial charge in [-0.05, 0) is 38.1 Å². The van der Waals surface area contributed by atoms with E-state index in [1.165, 1.54) is 12.1 Å². The maximum absolute atomic E-state index is 13.0. The highest BCUT2D eigenvalue weighted by molar-refractivity contribution is 5.76. The van der Waals surface area contributed by atoms with Crippen molar-refractivity contribution in [2.75, 3.05) is 13.2 Å². The van der Waals surface area contributed by atoms with Crippen LogP contribution in [0.5, 0.6) is 0 Å². The molecule has 3 rings (SSSR count). The summed E-state index contributed by atoms with van der Waals surface area (Å²) in [5, 5.41) is 0. The van der Waals surface area contributed by atoms with E-state index in [0.717, 1.165) is 5.56 Å². The molecule has 5 nitrogen and oxygen atoms in total. The Bertz CT molecular complexity index is 699. The Labute approximate surface area is 140 Å². The first-order valence-electron chi connectivity index (χ1n) is 8.14. The lowest BCUT2D eigenvalue weighted by Crippen LogP contribution is -2.50. The van der Waals surface area contributed by atoms with Gasteiger partial charge in [0.1, 0.15) is 5.82 Å². The number of aryl methyl sites for hydroxylation is 1. The molecule has 2 atom stereocenters. The van der Waals surface area contributed by atoms with Crippen LogP contribution >= 0.6 is 0 Å². The summed E-state index contributed by atoms with van der Waals surface area (Å²) in [6.07, 6.45) is 2.46. The predicted octanol–water partition coefficient (Wildman–Crippen LogP) is 3.05. The van der Waals surface area contributed by atoms with Crippen molar-refractivity contribution < 1.29 is 18.3 Å². The number of carbonyl (C=O) groups is 1. The highest BCUT2D eigenvalue weighted by atomic mass is 19.1. The number of ether oxygens (including phenoxy) is 1. The Balaban J connectivity index is 1.59. The Morgan fingerprint density at radius 1 is 1.33 bits per heavy atom. The second-order valence-corrected chi connectivity index (χ2v) is 6.16.